The zero-order valence-corrected chi connectivity index (χ0v) is 8.58. The van der Waals surface area contributed by atoms with Crippen LogP contribution in [-0.2, 0) is 0 Å². The molecule has 0 fully saturated rings. The fourth-order valence-corrected chi connectivity index (χ4v) is 1.32. The summed E-state index contributed by atoms with van der Waals surface area (Å²) in [5, 5.41) is 8.08. The number of nitriles is 1. The average molecular weight is 210 g/mol. The first-order valence-corrected chi connectivity index (χ1v) is 4.85. The van der Waals surface area contributed by atoms with Crippen molar-refractivity contribution < 1.29 is 4.42 Å². The minimum absolute atomic E-state index is 0.361. The Bertz CT molecular complexity index is 557. The van der Waals surface area contributed by atoms with E-state index in [1.165, 1.54) is 11.8 Å². The summed E-state index contributed by atoms with van der Waals surface area (Å²) in [6, 6.07) is 15.4. The van der Waals surface area contributed by atoms with Crippen molar-refractivity contribution in [2.75, 3.05) is 0 Å². The Morgan fingerprint density at radius 1 is 1.00 bits per heavy atom. The van der Waals surface area contributed by atoms with E-state index in [0.29, 0.717) is 5.76 Å². The molecule has 0 aromatic carbocycles. The molecule has 3 aromatic rings. The van der Waals surface area contributed by atoms with E-state index in [9.17, 15) is 0 Å². The van der Waals surface area contributed by atoms with Gasteiger partial charge in [0.2, 0.25) is 5.76 Å². The van der Waals surface area contributed by atoms with Gasteiger partial charge in [0, 0.05) is 17.9 Å². The van der Waals surface area contributed by atoms with E-state index in [2.05, 4.69) is 21.0 Å². The van der Waals surface area contributed by atoms with Crippen molar-refractivity contribution in [3.05, 3.63) is 66.9 Å². The maximum absolute atomic E-state index is 8.08. The maximum atomic E-state index is 8.08. The van der Waals surface area contributed by atoms with Crippen molar-refractivity contribution in [2.45, 2.75) is 0 Å². The third-order valence-corrected chi connectivity index (χ3v) is 2.07. The second-order valence-electron chi connectivity index (χ2n) is 3.13. The van der Waals surface area contributed by atoms with Crippen LogP contribution in [0.1, 0.15) is 5.76 Å². The lowest BCUT2D eigenvalue weighted by atomic mass is 10.4. The van der Waals surface area contributed by atoms with Crippen LogP contribution in [0.25, 0.3) is 5.52 Å². The van der Waals surface area contributed by atoms with E-state index >= 15 is 0 Å². The molecule has 3 aromatic heterocycles. The van der Waals surface area contributed by atoms with E-state index in [4.69, 9.17) is 5.26 Å². The van der Waals surface area contributed by atoms with Gasteiger partial charge in [-0.2, -0.15) is 5.26 Å². The SMILES string of the molecule is N#Cc1ccco1.c1ccn2cccc2c1. The second-order valence-corrected chi connectivity index (χ2v) is 3.13. The largest absolute Gasteiger partial charge is 0.454 e. The van der Waals surface area contributed by atoms with Gasteiger partial charge in [-0.3, -0.25) is 0 Å². The summed E-state index contributed by atoms with van der Waals surface area (Å²) in [6.07, 6.45) is 5.54. The summed E-state index contributed by atoms with van der Waals surface area (Å²) < 4.78 is 6.70. The highest BCUT2D eigenvalue weighted by atomic mass is 16.3. The summed E-state index contributed by atoms with van der Waals surface area (Å²) in [7, 11) is 0. The summed E-state index contributed by atoms with van der Waals surface area (Å²) in [5.41, 5.74) is 1.25. The zero-order valence-electron chi connectivity index (χ0n) is 8.58. The fourth-order valence-electron chi connectivity index (χ4n) is 1.32. The lowest BCUT2D eigenvalue weighted by Crippen LogP contribution is -1.75. The van der Waals surface area contributed by atoms with Gasteiger partial charge in [-0.05, 0) is 36.4 Å². The van der Waals surface area contributed by atoms with Crippen LogP contribution in [0.4, 0.5) is 0 Å². The van der Waals surface area contributed by atoms with Crippen LogP contribution in [0.5, 0.6) is 0 Å². The molecule has 0 unspecified atom stereocenters. The first kappa shape index (κ1) is 10.1. The molecule has 16 heavy (non-hydrogen) atoms. The van der Waals surface area contributed by atoms with Crippen molar-refractivity contribution in [3.8, 4) is 6.07 Å². The van der Waals surface area contributed by atoms with Crippen LogP contribution in [-0.4, -0.2) is 4.40 Å². The summed E-state index contributed by atoms with van der Waals surface area (Å²) in [4.78, 5) is 0. The number of rotatable bonds is 0. The number of furan rings is 1. The predicted octanol–water partition coefficient (Wildman–Crippen LogP) is 3.09. The number of pyridine rings is 1. The monoisotopic (exact) mass is 210 g/mol. The molecule has 0 saturated heterocycles. The van der Waals surface area contributed by atoms with Gasteiger partial charge in [-0.25, -0.2) is 0 Å². The van der Waals surface area contributed by atoms with E-state index in [-0.39, 0.29) is 0 Å². The fraction of sp³-hybridized carbons (Fsp3) is 0. The third-order valence-electron chi connectivity index (χ3n) is 2.07. The van der Waals surface area contributed by atoms with Crippen LogP contribution in [0.3, 0.4) is 0 Å². The van der Waals surface area contributed by atoms with Crippen LogP contribution < -0.4 is 0 Å². The highest BCUT2D eigenvalue weighted by molar-refractivity contribution is 5.46. The van der Waals surface area contributed by atoms with Gasteiger partial charge in [0.15, 0.2) is 0 Å². The number of hydrogen-bond donors (Lipinski definition) is 0. The molecule has 78 valence electrons. The van der Waals surface area contributed by atoms with E-state index in [1.54, 1.807) is 12.1 Å². The third kappa shape index (κ3) is 2.31. The lowest BCUT2D eigenvalue weighted by Gasteiger charge is -1.88. The molecule has 0 aliphatic rings. The molecule has 3 heterocycles. The molecular formula is C13H10N2O. The highest BCUT2D eigenvalue weighted by Gasteiger charge is 1.84. The lowest BCUT2D eigenvalue weighted by molar-refractivity contribution is 0.553. The second kappa shape index (κ2) is 4.85. The van der Waals surface area contributed by atoms with Gasteiger partial charge in [0.1, 0.15) is 6.07 Å². The van der Waals surface area contributed by atoms with Gasteiger partial charge in [0.05, 0.1) is 6.26 Å². The number of hydrogen-bond acceptors (Lipinski definition) is 2. The molecule has 0 aliphatic heterocycles. The molecule has 0 saturated carbocycles. The van der Waals surface area contributed by atoms with Gasteiger partial charge in [-0.15, -0.1) is 0 Å². The molecule has 0 aliphatic carbocycles. The van der Waals surface area contributed by atoms with E-state index in [1.807, 2.05) is 36.7 Å². The molecule has 0 radical (unpaired) electrons. The molecule has 0 spiro atoms. The van der Waals surface area contributed by atoms with Crippen LogP contribution in [0.15, 0.2) is 65.5 Å². The smallest absolute Gasteiger partial charge is 0.203 e. The van der Waals surface area contributed by atoms with Gasteiger partial charge in [0.25, 0.3) is 0 Å². The van der Waals surface area contributed by atoms with Crippen molar-refractivity contribution >= 4 is 5.52 Å². The Kier molecular flexibility index (Phi) is 3.05. The summed E-state index contributed by atoms with van der Waals surface area (Å²) in [5.74, 6) is 0.361. The minimum atomic E-state index is 0.361. The van der Waals surface area contributed by atoms with Gasteiger partial charge in [-0.1, -0.05) is 6.07 Å². The normalized spacial score (nSPS) is 9.19. The number of nitrogens with zero attached hydrogens (tertiary/aromatic N) is 2. The van der Waals surface area contributed by atoms with Crippen molar-refractivity contribution in [3.63, 3.8) is 0 Å². The van der Waals surface area contributed by atoms with Crippen molar-refractivity contribution in [2.24, 2.45) is 0 Å². The topological polar surface area (TPSA) is 41.3 Å². The molecule has 3 heteroatoms. The average Bonchev–Trinajstić information content (AvgIpc) is 3.01. The Balaban J connectivity index is 0.000000125. The molecule has 3 rings (SSSR count). The van der Waals surface area contributed by atoms with Crippen LogP contribution in [0, 0.1) is 11.3 Å². The number of aromatic nitrogens is 1. The van der Waals surface area contributed by atoms with Crippen LogP contribution >= 0.6 is 0 Å². The van der Waals surface area contributed by atoms with E-state index < -0.39 is 0 Å². The predicted molar refractivity (Wildman–Crippen MR) is 60.8 cm³/mol. The highest BCUT2D eigenvalue weighted by Crippen LogP contribution is 2.01. The van der Waals surface area contributed by atoms with E-state index in [0.717, 1.165) is 0 Å². The summed E-state index contributed by atoms with van der Waals surface area (Å²) >= 11 is 0. The standard InChI is InChI=1S/C8H7N.C5H3NO/c1-2-6-9-7-3-5-8(9)4-1;6-4-5-2-1-3-7-5/h1-7H;1-3H. The van der Waals surface area contributed by atoms with Gasteiger partial charge >= 0.3 is 0 Å². The molecule has 3 nitrogen and oxygen atoms in total. The van der Waals surface area contributed by atoms with Crippen LogP contribution in [0.2, 0.25) is 0 Å². The Morgan fingerprint density at radius 2 is 1.81 bits per heavy atom. The zero-order chi connectivity index (χ0) is 11.2. The molecule has 0 N–H and O–H groups in total. The molecular weight excluding hydrogens is 200 g/mol. The Labute approximate surface area is 93.2 Å². The summed E-state index contributed by atoms with van der Waals surface area (Å²) in [6.45, 7) is 0. The number of fused-ring (bicyclic) bond motifs is 1. The molecule has 0 amide bonds. The first-order chi connectivity index (χ1) is 7.90. The minimum Gasteiger partial charge on any atom is -0.454 e. The Hall–Kier alpha value is -2.47. The first-order valence-electron chi connectivity index (χ1n) is 4.85. The molecule has 0 bridgehead atoms. The van der Waals surface area contributed by atoms with Gasteiger partial charge < -0.3 is 8.82 Å². The maximum Gasteiger partial charge on any atom is 0.203 e. The quantitative estimate of drug-likeness (QED) is 0.572. The molecule has 0 atom stereocenters. The Morgan fingerprint density at radius 3 is 2.44 bits per heavy atom. The van der Waals surface area contributed by atoms with Crippen molar-refractivity contribution in [1.82, 2.24) is 4.40 Å². The van der Waals surface area contributed by atoms with Crippen molar-refractivity contribution in [1.29, 1.82) is 5.26 Å².